The van der Waals surface area contributed by atoms with Crippen molar-refractivity contribution in [3.05, 3.63) is 71.6 Å². The average molecular weight is 555 g/mol. The third-order valence-electron chi connectivity index (χ3n) is 6.50. The van der Waals surface area contributed by atoms with E-state index >= 15 is 0 Å². The summed E-state index contributed by atoms with van der Waals surface area (Å²) < 4.78 is 93.6. The molecule has 4 rings (SSSR count). The molecule has 3 heterocycles. The van der Waals surface area contributed by atoms with Gasteiger partial charge in [-0.3, -0.25) is 14.8 Å². The second-order valence-corrected chi connectivity index (χ2v) is 10.9. The van der Waals surface area contributed by atoms with Crippen LogP contribution in [0.1, 0.15) is 36.6 Å². The highest BCUT2D eigenvalue weighted by molar-refractivity contribution is 7.89. The van der Waals surface area contributed by atoms with Crippen LogP contribution in [0.5, 0.6) is 0 Å². The minimum Gasteiger partial charge on any atom is -0.298 e. The molecule has 2 aromatic heterocycles. The maximum Gasteiger partial charge on any atom is 0.434 e. The lowest BCUT2D eigenvalue weighted by molar-refractivity contribution is -0.141. The molecule has 0 bridgehead atoms. The van der Waals surface area contributed by atoms with Crippen LogP contribution < -0.4 is 0 Å². The van der Waals surface area contributed by atoms with Crippen LogP contribution in [-0.2, 0) is 27.4 Å². The Labute approximate surface area is 215 Å². The van der Waals surface area contributed by atoms with Crippen LogP contribution in [0.4, 0.5) is 22.0 Å². The van der Waals surface area contributed by atoms with Crippen molar-refractivity contribution in [2.45, 2.75) is 62.4 Å². The Morgan fingerprint density at radius 1 is 1.05 bits per heavy atom. The van der Waals surface area contributed by atoms with Crippen molar-refractivity contribution in [1.29, 1.82) is 0 Å². The SMILES string of the molecule is Cc1cnc(-c2cnc(C(F)(F)F)cn2)cc1CCC(=O)[C@@H]1C[C@@H](F)[C@H](C)N1S(=O)(=O)c1ccc(F)cc1. The van der Waals surface area contributed by atoms with Gasteiger partial charge in [-0.2, -0.15) is 17.5 Å². The van der Waals surface area contributed by atoms with E-state index < -0.39 is 51.7 Å². The quantitative estimate of drug-likeness (QED) is 0.394. The van der Waals surface area contributed by atoms with E-state index in [1.54, 1.807) is 13.0 Å². The fourth-order valence-electron chi connectivity index (χ4n) is 4.35. The molecule has 1 aromatic carbocycles. The number of hydrogen-bond donors (Lipinski definition) is 0. The zero-order valence-electron chi connectivity index (χ0n) is 20.3. The van der Waals surface area contributed by atoms with E-state index in [0.717, 1.165) is 34.8 Å². The monoisotopic (exact) mass is 554 g/mol. The number of carbonyl (C=O) groups excluding carboxylic acids is 1. The van der Waals surface area contributed by atoms with Crippen LogP contribution in [0.25, 0.3) is 11.4 Å². The number of benzene rings is 1. The summed E-state index contributed by atoms with van der Waals surface area (Å²) in [5, 5.41) is 0. The third kappa shape index (κ3) is 5.58. The van der Waals surface area contributed by atoms with E-state index in [1.807, 2.05) is 0 Å². The summed E-state index contributed by atoms with van der Waals surface area (Å²) in [6.45, 7) is 3.11. The van der Waals surface area contributed by atoms with Crippen molar-refractivity contribution in [2.75, 3.05) is 0 Å². The number of alkyl halides is 4. The first-order valence-corrected chi connectivity index (χ1v) is 13.0. The first-order chi connectivity index (χ1) is 17.8. The maximum atomic E-state index is 14.6. The fourth-order valence-corrected chi connectivity index (χ4v) is 6.18. The first kappa shape index (κ1) is 27.7. The second-order valence-electron chi connectivity index (χ2n) is 9.04. The number of sulfonamides is 1. The average Bonchev–Trinajstić information content (AvgIpc) is 3.18. The molecule has 0 N–H and O–H groups in total. The number of carbonyl (C=O) groups is 1. The lowest BCUT2D eigenvalue weighted by atomic mass is 9.99. The third-order valence-corrected chi connectivity index (χ3v) is 8.51. The summed E-state index contributed by atoms with van der Waals surface area (Å²) in [4.78, 5) is 24.3. The number of Topliss-reactive ketones (excluding diaryl/α,β-unsaturated/α-hetero) is 1. The van der Waals surface area contributed by atoms with Gasteiger partial charge in [0.25, 0.3) is 0 Å². The van der Waals surface area contributed by atoms with Gasteiger partial charge in [0.15, 0.2) is 11.5 Å². The van der Waals surface area contributed by atoms with Gasteiger partial charge in [0.1, 0.15) is 17.7 Å². The predicted octanol–water partition coefficient (Wildman–Crippen LogP) is 4.70. The minimum absolute atomic E-state index is 0.104. The zero-order valence-corrected chi connectivity index (χ0v) is 21.1. The van der Waals surface area contributed by atoms with Gasteiger partial charge in [0.05, 0.1) is 35.1 Å². The number of pyridine rings is 1. The maximum absolute atomic E-state index is 14.6. The van der Waals surface area contributed by atoms with E-state index in [2.05, 4.69) is 15.0 Å². The van der Waals surface area contributed by atoms with Gasteiger partial charge in [-0.25, -0.2) is 22.2 Å². The van der Waals surface area contributed by atoms with Crippen LogP contribution in [0.15, 0.2) is 53.8 Å². The van der Waals surface area contributed by atoms with Crippen molar-refractivity contribution in [2.24, 2.45) is 0 Å². The van der Waals surface area contributed by atoms with Gasteiger partial charge in [-0.15, -0.1) is 0 Å². The molecule has 0 unspecified atom stereocenters. The summed E-state index contributed by atoms with van der Waals surface area (Å²) in [7, 11) is -4.28. The van der Waals surface area contributed by atoms with Crippen LogP contribution in [0.3, 0.4) is 0 Å². The van der Waals surface area contributed by atoms with Gasteiger partial charge in [0, 0.05) is 19.0 Å². The Hall–Kier alpha value is -3.32. The molecule has 0 amide bonds. The smallest absolute Gasteiger partial charge is 0.298 e. The molecule has 3 aromatic rings. The Bertz CT molecular complexity index is 1430. The lowest BCUT2D eigenvalue weighted by Crippen LogP contribution is -2.44. The molecule has 3 atom stereocenters. The molecule has 0 aliphatic carbocycles. The van der Waals surface area contributed by atoms with Crippen molar-refractivity contribution >= 4 is 15.8 Å². The molecule has 38 heavy (non-hydrogen) atoms. The van der Waals surface area contributed by atoms with Crippen LogP contribution in [0, 0.1) is 12.7 Å². The molecule has 0 spiro atoms. The van der Waals surface area contributed by atoms with Gasteiger partial charge in [-0.05, 0) is 61.7 Å². The highest BCUT2D eigenvalue weighted by Crippen LogP contribution is 2.34. The standard InChI is InChI=1S/C25H23F5N4O3S/c1-14-11-31-20(21-12-33-24(13-32-21)25(28,29)30)9-16(14)3-8-23(35)22-10-19(27)15(2)34(22)38(36,37)18-6-4-17(26)5-7-18/h4-7,9,11-13,15,19,22H,3,8,10H2,1-2H3/t15-,19+,22-/m0/s1. The molecule has 7 nitrogen and oxygen atoms in total. The number of ketones is 1. The molecule has 13 heteroatoms. The summed E-state index contributed by atoms with van der Waals surface area (Å²) in [5.41, 5.74) is 0.544. The molecule has 0 radical (unpaired) electrons. The van der Waals surface area contributed by atoms with Gasteiger partial charge in [-0.1, -0.05) is 0 Å². The molecule has 0 saturated carbocycles. The Morgan fingerprint density at radius 3 is 2.32 bits per heavy atom. The highest BCUT2D eigenvalue weighted by Gasteiger charge is 2.48. The van der Waals surface area contributed by atoms with E-state index in [-0.39, 0.29) is 35.5 Å². The lowest BCUT2D eigenvalue weighted by Gasteiger charge is -2.26. The van der Waals surface area contributed by atoms with Gasteiger partial charge < -0.3 is 0 Å². The Morgan fingerprint density at radius 2 is 1.71 bits per heavy atom. The minimum atomic E-state index is -4.63. The van der Waals surface area contributed by atoms with Crippen molar-refractivity contribution < 1.29 is 35.2 Å². The largest absolute Gasteiger partial charge is 0.434 e. The van der Waals surface area contributed by atoms with Crippen molar-refractivity contribution in [3.8, 4) is 11.4 Å². The topological polar surface area (TPSA) is 93.1 Å². The molecule has 1 saturated heterocycles. The summed E-state index contributed by atoms with van der Waals surface area (Å²) >= 11 is 0. The fraction of sp³-hybridized carbons (Fsp3) is 0.360. The van der Waals surface area contributed by atoms with Crippen molar-refractivity contribution in [3.63, 3.8) is 0 Å². The number of nitrogens with zero attached hydrogens (tertiary/aromatic N) is 4. The van der Waals surface area contributed by atoms with Crippen LogP contribution in [-0.4, -0.2) is 51.7 Å². The second kappa shape index (κ2) is 10.4. The molecule has 1 aliphatic rings. The predicted molar refractivity (Wildman–Crippen MR) is 127 cm³/mol. The Kier molecular flexibility index (Phi) is 7.62. The molecular weight excluding hydrogens is 531 g/mol. The molecule has 1 fully saturated rings. The summed E-state index contributed by atoms with van der Waals surface area (Å²) in [5.74, 6) is -1.13. The van der Waals surface area contributed by atoms with E-state index in [0.29, 0.717) is 17.3 Å². The molecule has 202 valence electrons. The zero-order chi connectivity index (χ0) is 27.8. The molecular formula is C25H23F5N4O3S. The van der Waals surface area contributed by atoms with E-state index in [9.17, 15) is 35.2 Å². The van der Waals surface area contributed by atoms with Gasteiger partial charge >= 0.3 is 6.18 Å². The number of hydrogen-bond acceptors (Lipinski definition) is 6. The molecule has 1 aliphatic heterocycles. The normalized spacial score (nSPS) is 20.6. The highest BCUT2D eigenvalue weighted by atomic mass is 32.2. The number of aromatic nitrogens is 3. The van der Waals surface area contributed by atoms with Gasteiger partial charge in [0.2, 0.25) is 10.0 Å². The first-order valence-electron chi connectivity index (χ1n) is 11.6. The van der Waals surface area contributed by atoms with Crippen molar-refractivity contribution in [1.82, 2.24) is 19.3 Å². The number of halogens is 5. The number of rotatable bonds is 7. The van der Waals surface area contributed by atoms with Crippen LogP contribution >= 0.6 is 0 Å². The van der Waals surface area contributed by atoms with E-state index in [1.165, 1.54) is 13.1 Å². The Balaban J connectivity index is 1.53. The van der Waals surface area contributed by atoms with Crippen LogP contribution in [0.2, 0.25) is 0 Å². The number of aryl methyl sites for hydroxylation is 2. The summed E-state index contributed by atoms with van der Waals surface area (Å²) in [6, 6.07) is 3.32. The van der Waals surface area contributed by atoms with E-state index in [4.69, 9.17) is 0 Å². The summed E-state index contributed by atoms with van der Waals surface area (Å²) in [6.07, 6.45) is -3.43.